The Kier molecular flexibility index (Phi) is 7.50. The largest absolute Gasteiger partial charge is 0.327 e. The Hall–Kier alpha value is -3.97. The summed E-state index contributed by atoms with van der Waals surface area (Å²) in [6, 6.07) is 20.6. The lowest BCUT2D eigenvalue weighted by Crippen LogP contribution is -2.42. The lowest BCUT2D eigenvalue weighted by Gasteiger charge is -2.26. The monoisotopic (exact) mass is 504 g/mol. The van der Waals surface area contributed by atoms with Crippen molar-refractivity contribution in [2.24, 2.45) is 0 Å². The van der Waals surface area contributed by atoms with Gasteiger partial charge in [-0.3, -0.25) is 19.5 Å². The Balaban J connectivity index is 1.63. The summed E-state index contributed by atoms with van der Waals surface area (Å²) < 4.78 is 16.0. The molecular formula is C28H26ClFN4O2. The average molecular weight is 505 g/mol. The molecule has 0 aliphatic carbocycles. The fourth-order valence-electron chi connectivity index (χ4n) is 3.71. The Labute approximate surface area is 214 Å². The van der Waals surface area contributed by atoms with Gasteiger partial charge in [0.15, 0.2) is 0 Å². The van der Waals surface area contributed by atoms with Gasteiger partial charge in [-0.25, -0.2) is 9.37 Å². The molecule has 0 bridgehead atoms. The molecule has 0 radical (unpaired) electrons. The fraction of sp³-hybridized carbons (Fsp3) is 0.179. The molecular weight excluding hydrogens is 479 g/mol. The minimum absolute atomic E-state index is 0.186. The molecule has 3 aromatic carbocycles. The molecule has 4 aromatic rings. The minimum atomic E-state index is -0.426. The lowest BCUT2D eigenvalue weighted by molar-refractivity contribution is -0.117. The molecule has 0 saturated heterocycles. The van der Waals surface area contributed by atoms with Crippen molar-refractivity contribution in [2.45, 2.75) is 26.8 Å². The Morgan fingerprint density at radius 1 is 1.06 bits per heavy atom. The Bertz CT molecular complexity index is 1380. The van der Waals surface area contributed by atoms with Crippen LogP contribution in [0.4, 0.5) is 10.3 Å². The molecule has 0 atom stereocenters. The maximum absolute atomic E-state index is 14.4. The van der Waals surface area contributed by atoms with E-state index in [1.54, 1.807) is 54.1 Å². The van der Waals surface area contributed by atoms with Gasteiger partial charge in [0.25, 0.3) is 5.91 Å². The van der Waals surface area contributed by atoms with Gasteiger partial charge < -0.3 is 4.90 Å². The third-order valence-electron chi connectivity index (χ3n) is 5.75. The van der Waals surface area contributed by atoms with Crippen LogP contribution < -0.4 is 5.32 Å². The van der Waals surface area contributed by atoms with Gasteiger partial charge in [-0.05, 0) is 62.7 Å². The first-order valence-corrected chi connectivity index (χ1v) is 11.9. The van der Waals surface area contributed by atoms with Gasteiger partial charge in [0.05, 0.1) is 11.4 Å². The summed E-state index contributed by atoms with van der Waals surface area (Å²) in [6.07, 6.45) is 1.74. The molecule has 1 aromatic heterocycles. The predicted octanol–water partition coefficient (Wildman–Crippen LogP) is 6.13. The second kappa shape index (κ2) is 10.7. The first-order chi connectivity index (χ1) is 17.2. The van der Waals surface area contributed by atoms with Crippen molar-refractivity contribution < 1.29 is 14.0 Å². The zero-order valence-electron chi connectivity index (χ0n) is 20.2. The van der Waals surface area contributed by atoms with Crippen LogP contribution in [0.3, 0.4) is 0 Å². The quantitative estimate of drug-likeness (QED) is 0.329. The second-order valence-electron chi connectivity index (χ2n) is 8.70. The highest BCUT2D eigenvalue weighted by atomic mass is 35.5. The van der Waals surface area contributed by atoms with E-state index in [0.29, 0.717) is 27.5 Å². The zero-order chi connectivity index (χ0) is 25.8. The van der Waals surface area contributed by atoms with Crippen LogP contribution in [0.1, 0.15) is 29.8 Å². The van der Waals surface area contributed by atoms with Crippen LogP contribution in [0.5, 0.6) is 0 Å². The third-order valence-corrected chi connectivity index (χ3v) is 6.00. The van der Waals surface area contributed by atoms with Gasteiger partial charge in [-0.1, -0.05) is 48.0 Å². The number of hydrogen-bond donors (Lipinski definition) is 1. The maximum atomic E-state index is 14.4. The fourth-order valence-corrected chi connectivity index (χ4v) is 3.84. The number of halogens is 2. The number of anilines is 1. The van der Waals surface area contributed by atoms with Crippen molar-refractivity contribution in [1.82, 2.24) is 14.5 Å². The first kappa shape index (κ1) is 25.1. The standard InChI is InChI=1S/C28H26ClFN4O2/c1-18(2)33(27(36)21-10-12-22(29)13-11-21)17-26(35)32-28-31-25(20-7-5-4-6-8-20)16-34(28)23-14-9-19(3)24(30)15-23/h4-16,18H,17H2,1-3H3,(H,31,32,35). The molecule has 0 saturated carbocycles. The molecule has 0 unspecified atom stereocenters. The molecule has 0 aliphatic rings. The molecule has 6 nitrogen and oxygen atoms in total. The summed E-state index contributed by atoms with van der Waals surface area (Å²) in [5.41, 5.74) is 2.93. The van der Waals surface area contributed by atoms with E-state index in [-0.39, 0.29) is 30.3 Å². The average Bonchev–Trinajstić information content (AvgIpc) is 3.28. The van der Waals surface area contributed by atoms with Gasteiger partial charge in [0.1, 0.15) is 12.4 Å². The van der Waals surface area contributed by atoms with Crippen molar-refractivity contribution >= 4 is 29.4 Å². The number of carbonyl (C=O) groups is 2. The van der Waals surface area contributed by atoms with Crippen LogP contribution in [0.15, 0.2) is 79.0 Å². The number of benzene rings is 3. The number of aromatic nitrogens is 2. The molecule has 4 rings (SSSR count). The van der Waals surface area contributed by atoms with Crippen LogP contribution >= 0.6 is 11.6 Å². The first-order valence-electron chi connectivity index (χ1n) is 11.5. The van der Waals surface area contributed by atoms with Gasteiger partial charge in [0, 0.05) is 28.4 Å². The minimum Gasteiger partial charge on any atom is -0.327 e. The molecule has 36 heavy (non-hydrogen) atoms. The highest BCUT2D eigenvalue weighted by molar-refractivity contribution is 6.30. The smallest absolute Gasteiger partial charge is 0.254 e. The SMILES string of the molecule is Cc1ccc(-n2cc(-c3ccccc3)nc2NC(=O)CN(C(=O)c2ccc(Cl)cc2)C(C)C)cc1F. The number of nitrogens with zero attached hydrogens (tertiary/aromatic N) is 3. The van der Waals surface area contributed by atoms with E-state index in [4.69, 9.17) is 11.6 Å². The molecule has 0 aliphatic heterocycles. The zero-order valence-corrected chi connectivity index (χ0v) is 21.0. The van der Waals surface area contributed by atoms with E-state index in [1.165, 1.54) is 11.0 Å². The number of rotatable bonds is 7. The third kappa shape index (κ3) is 5.63. The van der Waals surface area contributed by atoms with Gasteiger partial charge in [-0.15, -0.1) is 0 Å². The summed E-state index contributed by atoms with van der Waals surface area (Å²) in [5.74, 6) is -0.847. The van der Waals surface area contributed by atoms with Crippen molar-refractivity contribution in [2.75, 3.05) is 11.9 Å². The number of carbonyl (C=O) groups excluding carboxylic acids is 2. The van der Waals surface area contributed by atoms with Crippen LogP contribution in [0, 0.1) is 12.7 Å². The Morgan fingerprint density at radius 2 is 1.75 bits per heavy atom. The van der Waals surface area contributed by atoms with Crippen LogP contribution in [-0.4, -0.2) is 38.9 Å². The van der Waals surface area contributed by atoms with E-state index in [2.05, 4.69) is 10.3 Å². The van der Waals surface area contributed by atoms with Crippen molar-refractivity contribution in [1.29, 1.82) is 0 Å². The van der Waals surface area contributed by atoms with E-state index in [1.807, 2.05) is 44.2 Å². The summed E-state index contributed by atoms with van der Waals surface area (Å²) >= 11 is 5.94. The molecule has 184 valence electrons. The van der Waals surface area contributed by atoms with Crippen molar-refractivity contribution in [3.63, 3.8) is 0 Å². The number of imidazole rings is 1. The second-order valence-corrected chi connectivity index (χ2v) is 9.14. The molecule has 1 N–H and O–H groups in total. The van der Waals surface area contributed by atoms with E-state index in [9.17, 15) is 14.0 Å². The summed E-state index contributed by atoms with van der Waals surface area (Å²) in [5, 5.41) is 3.33. The van der Waals surface area contributed by atoms with Gasteiger partial charge >= 0.3 is 0 Å². The van der Waals surface area contributed by atoms with E-state index in [0.717, 1.165) is 5.56 Å². The Morgan fingerprint density at radius 3 is 2.39 bits per heavy atom. The highest BCUT2D eigenvalue weighted by Crippen LogP contribution is 2.25. The number of amides is 2. The number of hydrogen-bond acceptors (Lipinski definition) is 3. The lowest BCUT2D eigenvalue weighted by atomic mass is 10.1. The highest BCUT2D eigenvalue weighted by Gasteiger charge is 2.23. The summed E-state index contributed by atoms with van der Waals surface area (Å²) in [4.78, 5) is 32.3. The van der Waals surface area contributed by atoms with Crippen molar-refractivity contribution in [3.8, 4) is 16.9 Å². The van der Waals surface area contributed by atoms with Gasteiger partial charge in [-0.2, -0.15) is 0 Å². The van der Waals surface area contributed by atoms with E-state index < -0.39 is 5.91 Å². The molecule has 0 fully saturated rings. The summed E-state index contributed by atoms with van der Waals surface area (Å²) in [6.45, 7) is 5.17. The molecule has 8 heteroatoms. The van der Waals surface area contributed by atoms with Crippen LogP contribution in [0.25, 0.3) is 16.9 Å². The number of nitrogens with one attached hydrogen (secondary N) is 1. The summed E-state index contributed by atoms with van der Waals surface area (Å²) in [7, 11) is 0. The molecule has 2 amide bonds. The van der Waals surface area contributed by atoms with E-state index >= 15 is 0 Å². The molecule has 0 spiro atoms. The van der Waals surface area contributed by atoms with Gasteiger partial charge in [0.2, 0.25) is 11.9 Å². The van der Waals surface area contributed by atoms with Crippen molar-refractivity contribution in [3.05, 3.63) is 101 Å². The predicted molar refractivity (Wildman–Crippen MR) is 140 cm³/mol. The number of aryl methyl sites for hydroxylation is 1. The van der Waals surface area contributed by atoms with Crippen LogP contribution in [-0.2, 0) is 4.79 Å². The molecule has 1 heterocycles. The maximum Gasteiger partial charge on any atom is 0.254 e. The normalized spacial score (nSPS) is 10.9. The van der Waals surface area contributed by atoms with Crippen LogP contribution in [0.2, 0.25) is 5.02 Å². The topological polar surface area (TPSA) is 67.2 Å².